The summed E-state index contributed by atoms with van der Waals surface area (Å²) in [5.74, 6) is 0.756. The Morgan fingerprint density at radius 2 is 2.00 bits per heavy atom. The van der Waals surface area contributed by atoms with Gasteiger partial charge in [-0.05, 0) is 42.5 Å². The minimum Gasteiger partial charge on any atom is -0.496 e. The molecule has 2 N–H and O–H groups in total. The Labute approximate surface area is 134 Å². The van der Waals surface area contributed by atoms with Crippen LogP contribution in [0.3, 0.4) is 0 Å². The van der Waals surface area contributed by atoms with Crippen LogP contribution in [0, 0.1) is 6.92 Å². The van der Waals surface area contributed by atoms with Crippen LogP contribution in [-0.4, -0.2) is 19.3 Å². The van der Waals surface area contributed by atoms with Crippen molar-refractivity contribution in [2.24, 2.45) is 0 Å². The van der Waals surface area contributed by atoms with Gasteiger partial charge in [-0.3, -0.25) is 4.79 Å². The number of ether oxygens (including phenoxy) is 1. The van der Waals surface area contributed by atoms with Gasteiger partial charge in [0, 0.05) is 4.90 Å². The van der Waals surface area contributed by atoms with Crippen molar-refractivity contribution < 1.29 is 9.53 Å². The molecule has 5 heteroatoms. The number of benzene rings is 2. The first-order valence-electron chi connectivity index (χ1n) is 7.03. The monoisotopic (exact) mass is 314 g/mol. The second-order valence-electron chi connectivity index (χ2n) is 5.16. The van der Waals surface area contributed by atoms with E-state index in [1.54, 1.807) is 18.9 Å². The fourth-order valence-corrected chi connectivity index (χ4v) is 3.18. The summed E-state index contributed by atoms with van der Waals surface area (Å²) in [6.45, 7) is 2.00. The molecular formula is C17H18N2O2S. The predicted octanol–water partition coefficient (Wildman–Crippen LogP) is 3.58. The Bertz CT molecular complexity index is 731. The average Bonchev–Trinajstić information content (AvgIpc) is 2.55. The molecule has 0 spiro atoms. The zero-order chi connectivity index (χ0) is 15.7. The molecule has 1 amide bonds. The number of hydrogen-bond acceptors (Lipinski definition) is 4. The SMILES string of the molecule is COc1cc([C@H]2NC(=O)c3cccc(C)c3N2)ccc1SC. The molecule has 1 aliphatic rings. The molecular weight excluding hydrogens is 296 g/mol. The van der Waals surface area contributed by atoms with Gasteiger partial charge in [0.1, 0.15) is 11.9 Å². The van der Waals surface area contributed by atoms with Gasteiger partial charge in [-0.25, -0.2) is 0 Å². The number of carbonyl (C=O) groups is 1. The van der Waals surface area contributed by atoms with Gasteiger partial charge in [-0.1, -0.05) is 18.2 Å². The van der Waals surface area contributed by atoms with Crippen LogP contribution in [-0.2, 0) is 0 Å². The first-order chi connectivity index (χ1) is 10.6. The molecule has 1 aliphatic heterocycles. The molecule has 0 fully saturated rings. The molecule has 114 valence electrons. The van der Waals surface area contributed by atoms with Crippen molar-refractivity contribution in [2.45, 2.75) is 18.0 Å². The van der Waals surface area contributed by atoms with Crippen molar-refractivity contribution >= 4 is 23.4 Å². The molecule has 22 heavy (non-hydrogen) atoms. The highest BCUT2D eigenvalue weighted by Crippen LogP contribution is 2.33. The number of carbonyl (C=O) groups excluding carboxylic acids is 1. The van der Waals surface area contributed by atoms with Gasteiger partial charge in [0.2, 0.25) is 0 Å². The molecule has 3 rings (SSSR count). The predicted molar refractivity (Wildman–Crippen MR) is 89.8 cm³/mol. The molecule has 0 saturated heterocycles. The first-order valence-corrected chi connectivity index (χ1v) is 8.25. The van der Waals surface area contributed by atoms with Crippen LogP contribution >= 0.6 is 11.8 Å². The van der Waals surface area contributed by atoms with Crippen LogP contribution in [0.1, 0.15) is 27.7 Å². The Hall–Kier alpha value is -2.14. The lowest BCUT2D eigenvalue weighted by molar-refractivity contribution is 0.0935. The van der Waals surface area contributed by atoms with Crippen molar-refractivity contribution in [3.8, 4) is 5.75 Å². The number of para-hydroxylation sites is 1. The molecule has 1 atom stereocenters. The maximum absolute atomic E-state index is 12.3. The van der Waals surface area contributed by atoms with Crippen molar-refractivity contribution in [2.75, 3.05) is 18.7 Å². The second-order valence-corrected chi connectivity index (χ2v) is 6.01. The summed E-state index contributed by atoms with van der Waals surface area (Å²) in [5.41, 5.74) is 3.61. The number of amides is 1. The molecule has 1 heterocycles. The van der Waals surface area contributed by atoms with Gasteiger partial charge in [-0.2, -0.15) is 0 Å². The van der Waals surface area contributed by atoms with Crippen LogP contribution < -0.4 is 15.4 Å². The van der Waals surface area contributed by atoms with Gasteiger partial charge in [0.15, 0.2) is 0 Å². The Balaban J connectivity index is 1.98. The molecule has 0 radical (unpaired) electrons. The molecule has 2 aromatic carbocycles. The molecule has 0 saturated carbocycles. The minimum atomic E-state index is -0.258. The third kappa shape index (κ3) is 2.52. The van der Waals surface area contributed by atoms with Crippen molar-refractivity contribution in [1.82, 2.24) is 5.32 Å². The molecule has 2 aromatic rings. The number of hydrogen-bond donors (Lipinski definition) is 2. The third-order valence-electron chi connectivity index (χ3n) is 3.82. The van der Waals surface area contributed by atoms with E-state index in [1.165, 1.54) is 0 Å². The van der Waals surface area contributed by atoms with Gasteiger partial charge in [0.05, 0.1) is 18.4 Å². The lowest BCUT2D eigenvalue weighted by atomic mass is 10.0. The summed E-state index contributed by atoms with van der Waals surface area (Å²) in [5, 5.41) is 6.40. The van der Waals surface area contributed by atoms with Crippen molar-refractivity contribution in [3.05, 3.63) is 53.1 Å². The van der Waals surface area contributed by atoms with E-state index in [1.807, 2.05) is 49.6 Å². The lowest BCUT2D eigenvalue weighted by Crippen LogP contribution is -2.38. The van der Waals surface area contributed by atoms with Gasteiger partial charge >= 0.3 is 0 Å². The smallest absolute Gasteiger partial charge is 0.255 e. The zero-order valence-corrected chi connectivity index (χ0v) is 13.6. The fourth-order valence-electron chi connectivity index (χ4n) is 2.64. The molecule has 0 aliphatic carbocycles. The Kier molecular flexibility index (Phi) is 3.98. The summed E-state index contributed by atoms with van der Waals surface area (Å²) in [7, 11) is 1.66. The van der Waals surface area contributed by atoms with Gasteiger partial charge < -0.3 is 15.4 Å². The Morgan fingerprint density at radius 3 is 2.73 bits per heavy atom. The number of nitrogens with one attached hydrogen (secondary N) is 2. The standard InChI is InChI=1S/C17H18N2O2S/c1-10-5-4-6-12-15(10)18-16(19-17(12)20)11-7-8-14(22-3)13(9-11)21-2/h4-9,16,18H,1-3H3,(H,19,20)/t16-/m1/s1. The second kappa shape index (κ2) is 5.93. The van der Waals surface area contributed by atoms with Crippen LogP contribution in [0.15, 0.2) is 41.3 Å². The maximum Gasteiger partial charge on any atom is 0.255 e. The van der Waals surface area contributed by atoms with Gasteiger partial charge in [-0.15, -0.1) is 11.8 Å². The molecule has 4 nitrogen and oxygen atoms in total. The highest BCUT2D eigenvalue weighted by molar-refractivity contribution is 7.98. The van der Waals surface area contributed by atoms with Crippen molar-refractivity contribution in [3.63, 3.8) is 0 Å². The zero-order valence-electron chi connectivity index (χ0n) is 12.8. The number of anilines is 1. The van der Waals surface area contributed by atoms with E-state index in [-0.39, 0.29) is 12.1 Å². The number of fused-ring (bicyclic) bond motifs is 1. The number of rotatable bonds is 3. The number of aryl methyl sites for hydroxylation is 1. The summed E-state index contributed by atoms with van der Waals surface area (Å²) in [6, 6.07) is 11.7. The summed E-state index contributed by atoms with van der Waals surface area (Å²) >= 11 is 1.63. The summed E-state index contributed by atoms with van der Waals surface area (Å²) < 4.78 is 5.43. The van der Waals surface area contributed by atoms with E-state index in [0.717, 1.165) is 27.5 Å². The van der Waals surface area contributed by atoms with Crippen LogP contribution in [0.25, 0.3) is 0 Å². The van der Waals surface area contributed by atoms with E-state index in [2.05, 4.69) is 10.6 Å². The Morgan fingerprint density at radius 1 is 1.18 bits per heavy atom. The highest BCUT2D eigenvalue weighted by atomic mass is 32.2. The van der Waals surface area contributed by atoms with Gasteiger partial charge in [0.25, 0.3) is 5.91 Å². The van der Waals surface area contributed by atoms with Crippen LogP contribution in [0.4, 0.5) is 5.69 Å². The summed E-state index contributed by atoms with van der Waals surface area (Å²) in [6.07, 6.45) is 1.75. The van der Waals surface area contributed by atoms with E-state index in [9.17, 15) is 4.79 Å². The van der Waals surface area contributed by atoms with Crippen LogP contribution in [0.2, 0.25) is 0 Å². The van der Waals surface area contributed by atoms with E-state index < -0.39 is 0 Å². The largest absolute Gasteiger partial charge is 0.496 e. The van der Waals surface area contributed by atoms with Crippen LogP contribution in [0.5, 0.6) is 5.75 Å². The molecule has 0 unspecified atom stereocenters. The maximum atomic E-state index is 12.3. The number of methoxy groups -OCH3 is 1. The molecule has 0 aromatic heterocycles. The van der Waals surface area contributed by atoms with E-state index in [4.69, 9.17) is 4.74 Å². The van der Waals surface area contributed by atoms with E-state index >= 15 is 0 Å². The average molecular weight is 314 g/mol. The molecule has 0 bridgehead atoms. The normalized spacial score (nSPS) is 16.5. The lowest BCUT2D eigenvalue weighted by Gasteiger charge is -2.29. The van der Waals surface area contributed by atoms with E-state index in [0.29, 0.717) is 5.56 Å². The minimum absolute atomic E-state index is 0.0599. The summed E-state index contributed by atoms with van der Waals surface area (Å²) in [4.78, 5) is 13.4. The fraction of sp³-hybridized carbons (Fsp3) is 0.235. The quantitative estimate of drug-likeness (QED) is 0.850. The first kappa shape index (κ1) is 14.8. The number of thioether (sulfide) groups is 1. The third-order valence-corrected chi connectivity index (χ3v) is 4.60. The van der Waals surface area contributed by atoms with Crippen molar-refractivity contribution in [1.29, 1.82) is 0 Å². The highest BCUT2D eigenvalue weighted by Gasteiger charge is 2.26. The topological polar surface area (TPSA) is 50.4 Å².